The molecule has 1 atom stereocenters. The van der Waals surface area contributed by atoms with Crippen LogP contribution in [0.4, 0.5) is 0 Å². The molecule has 2 N–H and O–H groups in total. The second-order valence-electron chi connectivity index (χ2n) is 5.92. The number of carboxylic acids is 1. The summed E-state index contributed by atoms with van der Waals surface area (Å²) < 4.78 is 0. The summed E-state index contributed by atoms with van der Waals surface area (Å²) in [4.78, 5) is 13.1. The van der Waals surface area contributed by atoms with Crippen molar-refractivity contribution in [1.82, 2.24) is 10.2 Å². The Morgan fingerprint density at radius 1 is 1.38 bits per heavy atom. The molecule has 1 aromatic carbocycles. The minimum atomic E-state index is -0.784. The molecule has 0 amide bonds. The number of hydrogen-bond donors (Lipinski definition) is 2. The number of benzene rings is 1. The van der Waals surface area contributed by atoms with Gasteiger partial charge in [-0.25, -0.2) is 0 Å². The molecule has 1 aromatic rings. The first-order valence-corrected chi connectivity index (χ1v) is 7.30. The van der Waals surface area contributed by atoms with Crippen LogP contribution in [0.1, 0.15) is 25.3 Å². The fraction of sp³-hybridized carbons (Fsp3) is 0.562. The number of nitrogens with one attached hydrogen (secondary N) is 1. The van der Waals surface area contributed by atoms with E-state index in [9.17, 15) is 4.79 Å². The molecule has 0 aliphatic carbocycles. The highest BCUT2D eigenvalue weighted by Gasteiger charge is 2.33. The molecule has 118 valence electrons. The van der Waals surface area contributed by atoms with Crippen molar-refractivity contribution in [1.29, 1.82) is 0 Å². The van der Waals surface area contributed by atoms with Crippen LogP contribution in [0.2, 0.25) is 0 Å². The first-order chi connectivity index (χ1) is 9.57. The molecule has 5 heteroatoms. The van der Waals surface area contributed by atoms with Crippen molar-refractivity contribution < 1.29 is 9.90 Å². The van der Waals surface area contributed by atoms with Crippen LogP contribution in [-0.4, -0.2) is 47.7 Å². The number of carboxylic acid groups (broad SMARTS) is 1. The predicted octanol–water partition coefficient (Wildman–Crippen LogP) is 2.18. The third-order valence-corrected chi connectivity index (χ3v) is 4.00. The van der Waals surface area contributed by atoms with Gasteiger partial charge in [-0.3, -0.25) is 4.79 Å². The van der Waals surface area contributed by atoms with Crippen LogP contribution >= 0.6 is 12.4 Å². The summed E-state index contributed by atoms with van der Waals surface area (Å²) in [6.07, 6.45) is 3.28. The van der Waals surface area contributed by atoms with Crippen LogP contribution in [0.15, 0.2) is 30.3 Å². The Balaban J connectivity index is 0.00000220. The highest BCUT2D eigenvalue weighted by atomic mass is 35.5. The lowest BCUT2D eigenvalue weighted by molar-refractivity contribution is -0.136. The van der Waals surface area contributed by atoms with Crippen molar-refractivity contribution in [2.45, 2.75) is 31.7 Å². The van der Waals surface area contributed by atoms with E-state index in [1.807, 2.05) is 6.07 Å². The maximum atomic E-state index is 10.6. The van der Waals surface area contributed by atoms with Gasteiger partial charge in [-0.2, -0.15) is 0 Å². The zero-order chi connectivity index (χ0) is 14.4. The summed E-state index contributed by atoms with van der Waals surface area (Å²) in [6, 6.07) is 10.5. The number of halogens is 1. The van der Waals surface area contributed by atoms with Crippen molar-refractivity contribution in [3.8, 4) is 0 Å². The van der Waals surface area contributed by atoms with Crippen LogP contribution in [0, 0.1) is 0 Å². The SMILES string of the molecule is CC1(NCC(=O)O)CCN(CCCc2ccccc2)C1.Cl. The third-order valence-electron chi connectivity index (χ3n) is 4.00. The molecule has 21 heavy (non-hydrogen) atoms. The van der Waals surface area contributed by atoms with Crippen LogP contribution in [0.25, 0.3) is 0 Å². The van der Waals surface area contributed by atoms with Gasteiger partial charge in [0, 0.05) is 18.6 Å². The molecule has 0 saturated carbocycles. The first kappa shape index (κ1) is 18.0. The molecule has 1 fully saturated rings. The normalized spacial score (nSPS) is 22.0. The summed E-state index contributed by atoms with van der Waals surface area (Å²) in [6.45, 7) is 5.24. The number of likely N-dealkylation sites (tertiary alicyclic amines) is 1. The molecule has 0 spiro atoms. The number of nitrogens with zero attached hydrogens (tertiary/aromatic N) is 1. The Hall–Kier alpha value is -1.10. The molecular weight excluding hydrogens is 288 g/mol. The van der Waals surface area contributed by atoms with E-state index >= 15 is 0 Å². The highest BCUT2D eigenvalue weighted by molar-refractivity contribution is 5.85. The Labute approximate surface area is 132 Å². The number of carbonyl (C=O) groups is 1. The van der Waals surface area contributed by atoms with E-state index in [0.717, 1.165) is 38.9 Å². The first-order valence-electron chi connectivity index (χ1n) is 7.30. The summed E-state index contributed by atoms with van der Waals surface area (Å²) >= 11 is 0. The van der Waals surface area contributed by atoms with Crippen molar-refractivity contribution in [3.63, 3.8) is 0 Å². The largest absolute Gasteiger partial charge is 0.480 e. The standard InChI is InChI=1S/C16H24N2O2.ClH/c1-16(17-12-15(19)20)9-11-18(13-16)10-5-8-14-6-3-2-4-7-14;/h2-4,6-7,17H,5,8-13H2,1H3,(H,19,20);1H. The monoisotopic (exact) mass is 312 g/mol. The van der Waals surface area contributed by atoms with E-state index in [1.165, 1.54) is 5.56 Å². The van der Waals surface area contributed by atoms with Gasteiger partial charge in [-0.05, 0) is 38.3 Å². The fourth-order valence-corrected chi connectivity index (χ4v) is 2.83. The summed E-state index contributed by atoms with van der Waals surface area (Å²) in [7, 11) is 0. The minimum absolute atomic E-state index is 0. The summed E-state index contributed by atoms with van der Waals surface area (Å²) in [5.74, 6) is -0.784. The van der Waals surface area contributed by atoms with Crippen LogP contribution in [-0.2, 0) is 11.2 Å². The maximum absolute atomic E-state index is 10.6. The van der Waals surface area contributed by atoms with Gasteiger partial charge in [0.1, 0.15) is 0 Å². The Morgan fingerprint density at radius 3 is 2.76 bits per heavy atom. The number of aryl methyl sites for hydroxylation is 1. The zero-order valence-electron chi connectivity index (χ0n) is 12.5. The molecule has 0 bridgehead atoms. The van der Waals surface area contributed by atoms with Crippen molar-refractivity contribution in [2.75, 3.05) is 26.2 Å². The van der Waals surface area contributed by atoms with Gasteiger partial charge in [0.25, 0.3) is 0 Å². The smallest absolute Gasteiger partial charge is 0.317 e. The predicted molar refractivity (Wildman–Crippen MR) is 87.1 cm³/mol. The van der Waals surface area contributed by atoms with Gasteiger partial charge in [0.05, 0.1) is 6.54 Å². The summed E-state index contributed by atoms with van der Waals surface area (Å²) in [5, 5.41) is 11.9. The third kappa shape index (κ3) is 6.04. The average Bonchev–Trinajstić information content (AvgIpc) is 2.80. The number of aliphatic carboxylic acids is 1. The van der Waals surface area contributed by atoms with Gasteiger partial charge in [-0.15, -0.1) is 12.4 Å². The molecular formula is C16H25ClN2O2. The fourth-order valence-electron chi connectivity index (χ4n) is 2.83. The van der Waals surface area contributed by atoms with E-state index in [4.69, 9.17) is 5.11 Å². The van der Waals surface area contributed by atoms with Gasteiger partial charge in [0.2, 0.25) is 0 Å². The lowest BCUT2D eigenvalue weighted by Gasteiger charge is -2.25. The lowest BCUT2D eigenvalue weighted by atomic mass is 10.0. The molecule has 0 radical (unpaired) electrons. The average molecular weight is 313 g/mol. The lowest BCUT2D eigenvalue weighted by Crippen LogP contribution is -2.47. The highest BCUT2D eigenvalue weighted by Crippen LogP contribution is 2.20. The molecule has 1 saturated heterocycles. The molecule has 2 rings (SSSR count). The molecule has 1 heterocycles. The van der Waals surface area contributed by atoms with Gasteiger partial charge >= 0.3 is 5.97 Å². The van der Waals surface area contributed by atoms with E-state index in [1.54, 1.807) is 0 Å². The minimum Gasteiger partial charge on any atom is -0.480 e. The topological polar surface area (TPSA) is 52.6 Å². The van der Waals surface area contributed by atoms with Crippen molar-refractivity contribution >= 4 is 18.4 Å². The Bertz CT molecular complexity index is 441. The van der Waals surface area contributed by atoms with Gasteiger partial charge in [-0.1, -0.05) is 30.3 Å². The maximum Gasteiger partial charge on any atom is 0.317 e. The van der Waals surface area contributed by atoms with E-state index in [0.29, 0.717) is 0 Å². The zero-order valence-corrected chi connectivity index (χ0v) is 13.4. The molecule has 4 nitrogen and oxygen atoms in total. The van der Waals surface area contributed by atoms with Gasteiger partial charge < -0.3 is 15.3 Å². The van der Waals surface area contributed by atoms with E-state index in [-0.39, 0.29) is 24.5 Å². The molecule has 1 aliphatic heterocycles. The number of hydrogen-bond acceptors (Lipinski definition) is 3. The summed E-state index contributed by atoms with van der Waals surface area (Å²) in [5.41, 5.74) is 1.34. The van der Waals surface area contributed by atoms with Crippen molar-refractivity contribution in [2.24, 2.45) is 0 Å². The van der Waals surface area contributed by atoms with Crippen LogP contribution < -0.4 is 5.32 Å². The van der Waals surface area contributed by atoms with E-state index in [2.05, 4.69) is 41.4 Å². The molecule has 0 aromatic heterocycles. The second kappa shape index (κ2) is 8.37. The molecule has 1 unspecified atom stereocenters. The van der Waals surface area contributed by atoms with E-state index < -0.39 is 5.97 Å². The second-order valence-corrected chi connectivity index (χ2v) is 5.92. The number of rotatable bonds is 7. The van der Waals surface area contributed by atoms with Crippen LogP contribution in [0.3, 0.4) is 0 Å². The quantitative estimate of drug-likeness (QED) is 0.810. The van der Waals surface area contributed by atoms with Gasteiger partial charge in [0.15, 0.2) is 0 Å². The molecule has 1 aliphatic rings. The van der Waals surface area contributed by atoms with Crippen LogP contribution in [0.5, 0.6) is 0 Å². The Kier molecular flexibility index (Phi) is 7.15. The van der Waals surface area contributed by atoms with Crippen molar-refractivity contribution in [3.05, 3.63) is 35.9 Å². The Morgan fingerprint density at radius 2 is 2.10 bits per heavy atom.